The van der Waals surface area contributed by atoms with E-state index in [2.05, 4.69) is 22.0 Å². The van der Waals surface area contributed by atoms with Crippen molar-refractivity contribution >= 4 is 0 Å². The average Bonchev–Trinajstić information content (AvgIpc) is 3.23. The zero-order valence-corrected chi connectivity index (χ0v) is 12.7. The maximum absolute atomic E-state index is 5.06. The summed E-state index contributed by atoms with van der Waals surface area (Å²) >= 11 is 0. The lowest BCUT2D eigenvalue weighted by atomic mass is 10.2. The summed E-state index contributed by atoms with van der Waals surface area (Å²) in [5.74, 6) is 1.03. The van der Waals surface area contributed by atoms with Crippen LogP contribution in [0.3, 0.4) is 0 Å². The van der Waals surface area contributed by atoms with Gasteiger partial charge in [-0.1, -0.05) is 0 Å². The molecule has 4 heteroatoms. The highest BCUT2D eigenvalue weighted by Gasteiger charge is 2.27. The summed E-state index contributed by atoms with van der Waals surface area (Å²) in [6, 6.07) is 0.658. The van der Waals surface area contributed by atoms with Gasteiger partial charge in [-0.3, -0.25) is 4.90 Å². The number of methoxy groups -OCH3 is 1. The highest BCUT2D eigenvalue weighted by atomic mass is 16.5. The van der Waals surface area contributed by atoms with E-state index in [1.807, 2.05) is 0 Å². The Morgan fingerprint density at radius 2 is 1.95 bits per heavy atom. The molecule has 1 aliphatic carbocycles. The van der Waals surface area contributed by atoms with E-state index in [0.717, 1.165) is 32.0 Å². The maximum atomic E-state index is 5.06. The minimum atomic E-state index is 0.658. The Morgan fingerprint density at radius 1 is 1.21 bits per heavy atom. The molecule has 0 aromatic carbocycles. The first-order valence-corrected chi connectivity index (χ1v) is 7.95. The molecule has 19 heavy (non-hydrogen) atoms. The minimum absolute atomic E-state index is 0.658. The molecule has 0 aromatic rings. The van der Waals surface area contributed by atoms with Gasteiger partial charge in [-0.2, -0.15) is 0 Å². The largest absolute Gasteiger partial charge is 0.385 e. The lowest BCUT2D eigenvalue weighted by Crippen LogP contribution is -2.52. The highest BCUT2D eigenvalue weighted by molar-refractivity contribution is 4.82. The molecule has 112 valence electrons. The summed E-state index contributed by atoms with van der Waals surface area (Å²) in [4.78, 5) is 5.29. The van der Waals surface area contributed by atoms with Crippen LogP contribution in [0.4, 0.5) is 0 Å². The van der Waals surface area contributed by atoms with E-state index >= 15 is 0 Å². The number of nitrogens with one attached hydrogen (secondary N) is 1. The van der Waals surface area contributed by atoms with Gasteiger partial charge in [0.2, 0.25) is 0 Å². The third kappa shape index (κ3) is 5.78. The van der Waals surface area contributed by atoms with E-state index < -0.39 is 0 Å². The SMILES string of the molecule is COCCCNCC(C)N1CCN(CC2CC2)CC1. The summed E-state index contributed by atoms with van der Waals surface area (Å²) in [5.41, 5.74) is 0. The predicted molar refractivity (Wildman–Crippen MR) is 79.6 cm³/mol. The van der Waals surface area contributed by atoms with Gasteiger partial charge in [-0.25, -0.2) is 0 Å². The molecule has 1 atom stereocenters. The molecule has 2 rings (SSSR count). The number of piperazine rings is 1. The number of hydrogen-bond acceptors (Lipinski definition) is 4. The molecular weight excluding hydrogens is 238 g/mol. The average molecular weight is 269 g/mol. The topological polar surface area (TPSA) is 27.7 Å². The lowest BCUT2D eigenvalue weighted by Gasteiger charge is -2.38. The van der Waals surface area contributed by atoms with Crippen molar-refractivity contribution in [2.24, 2.45) is 5.92 Å². The van der Waals surface area contributed by atoms with Crippen molar-refractivity contribution < 1.29 is 4.74 Å². The van der Waals surface area contributed by atoms with E-state index in [1.165, 1.54) is 45.6 Å². The molecule has 0 amide bonds. The Kier molecular flexibility index (Phi) is 6.57. The smallest absolute Gasteiger partial charge is 0.0474 e. The second kappa shape index (κ2) is 8.20. The summed E-state index contributed by atoms with van der Waals surface area (Å²) in [7, 11) is 1.77. The molecule has 1 saturated carbocycles. The third-order valence-corrected chi connectivity index (χ3v) is 4.39. The summed E-state index contributed by atoms with van der Waals surface area (Å²) < 4.78 is 5.06. The van der Waals surface area contributed by atoms with Gasteiger partial charge < -0.3 is 15.0 Å². The van der Waals surface area contributed by atoms with Gasteiger partial charge in [0, 0.05) is 59.0 Å². The van der Waals surface area contributed by atoms with Crippen LogP contribution in [0, 0.1) is 5.92 Å². The second-order valence-corrected chi connectivity index (χ2v) is 6.18. The molecule has 1 saturated heterocycles. The molecule has 1 unspecified atom stereocenters. The molecule has 2 fully saturated rings. The first-order chi connectivity index (χ1) is 9.29. The van der Waals surface area contributed by atoms with Crippen molar-refractivity contribution in [2.45, 2.75) is 32.2 Å². The molecule has 1 N–H and O–H groups in total. The maximum Gasteiger partial charge on any atom is 0.0474 e. The number of hydrogen-bond donors (Lipinski definition) is 1. The fraction of sp³-hybridized carbons (Fsp3) is 1.00. The molecule has 0 radical (unpaired) electrons. The second-order valence-electron chi connectivity index (χ2n) is 6.18. The van der Waals surface area contributed by atoms with Crippen molar-refractivity contribution in [3.63, 3.8) is 0 Å². The van der Waals surface area contributed by atoms with E-state index in [4.69, 9.17) is 4.74 Å². The van der Waals surface area contributed by atoms with Gasteiger partial charge in [0.15, 0.2) is 0 Å². The normalized spacial score (nSPS) is 23.7. The van der Waals surface area contributed by atoms with Gasteiger partial charge in [0.25, 0.3) is 0 Å². The number of nitrogens with zero attached hydrogens (tertiary/aromatic N) is 2. The molecule has 2 aliphatic rings. The lowest BCUT2D eigenvalue weighted by molar-refractivity contribution is 0.0984. The Morgan fingerprint density at radius 3 is 2.58 bits per heavy atom. The van der Waals surface area contributed by atoms with Crippen molar-refractivity contribution in [2.75, 3.05) is 59.5 Å². The van der Waals surface area contributed by atoms with E-state index in [-0.39, 0.29) is 0 Å². The third-order valence-electron chi connectivity index (χ3n) is 4.39. The van der Waals surface area contributed by atoms with E-state index in [0.29, 0.717) is 6.04 Å². The molecule has 4 nitrogen and oxygen atoms in total. The standard InChI is InChI=1S/C15H31N3O/c1-14(12-16-6-3-11-19-2)18-9-7-17(8-10-18)13-15-4-5-15/h14-16H,3-13H2,1-2H3. The van der Waals surface area contributed by atoms with Crippen molar-refractivity contribution in [1.82, 2.24) is 15.1 Å². The van der Waals surface area contributed by atoms with Crippen LogP contribution >= 0.6 is 0 Å². The zero-order chi connectivity index (χ0) is 13.5. The van der Waals surface area contributed by atoms with Crippen LogP contribution in [0.25, 0.3) is 0 Å². The van der Waals surface area contributed by atoms with Gasteiger partial charge in [-0.15, -0.1) is 0 Å². The summed E-state index contributed by atoms with van der Waals surface area (Å²) in [5, 5.41) is 3.54. The van der Waals surface area contributed by atoms with Crippen molar-refractivity contribution in [3.05, 3.63) is 0 Å². The molecule has 1 aliphatic heterocycles. The first kappa shape index (κ1) is 15.2. The summed E-state index contributed by atoms with van der Waals surface area (Å²) in [6.45, 7) is 11.8. The molecule has 1 heterocycles. The van der Waals surface area contributed by atoms with Crippen LogP contribution < -0.4 is 5.32 Å². The Balaban J connectivity index is 1.52. The van der Waals surface area contributed by atoms with Crippen molar-refractivity contribution in [3.8, 4) is 0 Å². The van der Waals surface area contributed by atoms with Gasteiger partial charge in [-0.05, 0) is 38.6 Å². The molecule has 0 bridgehead atoms. The van der Waals surface area contributed by atoms with Crippen molar-refractivity contribution in [1.29, 1.82) is 0 Å². The molecule has 0 aromatic heterocycles. The summed E-state index contributed by atoms with van der Waals surface area (Å²) in [6.07, 6.45) is 4.06. The first-order valence-electron chi connectivity index (χ1n) is 7.95. The van der Waals surface area contributed by atoms with Gasteiger partial charge >= 0.3 is 0 Å². The van der Waals surface area contributed by atoms with Gasteiger partial charge in [0.05, 0.1) is 0 Å². The highest BCUT2D eigenvalue weighted by Crippen LogP contribution is 2.29. The monoisotopic (exact) mass is 269 g/mol. The Bertz CT molecular complexity index is 238. The quantitative estimate of drug-likeness (QED) is 0.633. The van der Waals surface area contributed by atoms with Crippen LogP contribution in [0.15, 0.2) is 0 Å². The fourth-order valence-corrected chi connectivity index (χ4v) is 2.83. The van der Waals surface area contributed by atoms with Crippen LogP contribution in [0.2, 0.25) is 0 Å². The van der Waals surface area contributed by atoms with Crippen LogP contribution in [-0.2, 0) is 4.74 Å². The Labute approximate surface area is 118 Å². The van der Waals surface area contributed by atoms with E-state index in [1.54, 1.807) is 7.11 Å². The number of ether oxygens (including phenoxy) is 1. The van der Waals surface area contributed by atoms with Crippen LogP contribution in [-0.4, -0.2) is 75.4 Å². The Hall–Kier alpha value is -0.160. The molecular formula is C15H31N3O. The molecule has 0 spiro atoms. The van der Waals surface area contributed by atoms with Gasteiger partial charge in [0.1, 0.15) is 0 Å². The number of rotatable bonds is 9. The van der Waals surface area contributed by atoms with Crippen LogP contribution in [0.5, 0.6) is 0 Å². The zero-order valence-electron chi connectivity index (χ0n) is 12.7. The minimum Gasteiger partial charge on any atom is -0.385 e. The fourth-order valence-electron chi connectivity index (χ4n) is 2.83. The van der Waals surface area contributed by atoms with Crippen LogP contribution in [0.1, 0.15) is 26.2 Å². The predicted octanol–water partition coefficient (Wildman–Crippen LogP) is 1.03. The van der Waals surface area contributed by atoms with E-state index in [9.17, 15) is 0 Å².